The number of ether oxygens (including phenoxy) is 5. The molecule has 3 amide bonds. The number of ketones is 1. The monoisotopic (exact) mass is 810 g/mol. The minimum absolute atomic E-state index is 0.159. The minimum atomic E-state index is -1.76. The zero-order valence-electron chi connectivity index (χ0n) is 35.7. The van der Waals surface area contributed by atoms with Crippen molar-refractivity contribution in [2.75, 3.05) is 48.9 Å². The van der Waals surface area contributed by atoms with E-state index in [1.54, 1.807) is 58.0 Å². The topological polar surface area (TPSA) is 191 Å². The highest BCUT2D eigenvalue weighted by Gasteiger charge is 2.74. The van der Waals surface area contributed by atoms with E-state index in [9.17, 15) is 29.1 Å². The highest BCUT2D eigenvalue weighted by atomic mass is 16.6. The van der Waals surface area contributed by atoms with Crippen molar-refractivity contribution in [2.24, 2.45) is 28.1 Å². The third kappa shape index (κ3) is 7.38. The first kappa shape index (κ1) is 44.6. The molecule has 11 atom stereocenters. The normalized spacial score (nSPS) is 33.2. The second-order valence-corrected chi connectivity index (χ2v) is 17.8. The van der Waals surface area contributed by atoms with Gasteiger partial charge in [-0.05, 0) is 42.4 Å². The molecule has 3 aliphatic carbocycles. The summed E-state index contributed by atoms with van der Waals surface area (Å²) in [5, 5.41) is 16.5. The van der Waals surface area contributed by atoms with Crippen molar-refractivity contribution in [1.82, 2.24) is 19.9 Å². The molecule has 1 heterocycles. The van der Waals surface area contributed by atoms with Gasteiger partial charge in [-0.15, -0.1) is 0 Å². The number of amides is 3. The number of hydrogen-bond donors (Lipinski definition) is 2. The Morgan fingerprint density at radius 1 is 0.931 bits per heavy atom. The summed E-state index contributed by atoms with van der Waals surface area (Å²) < 4.78 is 30.4. The predicted molar refractivity (Wildman–Crippen MR) is 212 cm³/mol. The van der Waals surface area contributed by atoms with Gasteiger partial charge < -0.3 is 53.5 Å². The number of nitrogens with zero attached hydrogens (tertiary/aromatic N) is 3. The van der Waals surface area contributed by atoms with Crippen molar-refractivity contribution < 1.29 is 57.6 Å². The molecule has 2 N–H and O–H groups in total. The van der Waals surface area contributed by atoms with Crippen LogP contribution in [0.15, 0.2) is 41.5 Å². The van der Waals surface area contributed by atoms with Crippen LogP contribution < -0.4 is 5.23 Å². The van der Waals surface area contributed by atoms with Gasteiger partial charge in [-0.2, -0.15) is 0 Å². The Morgan fingerprint density at radius 2 is 1.52 bits per heavy atom. The molecule has 1 aromatic rings. The number of rotatable bonds is 10. The van der Waals surface area contributed by atoms with E-state index in [0.29, 0.717) is 17.3 Å². The number of fused-ring (bicyclic) bond motifs is 5. The fraction of sp³-hybridized carbons (Fsp3) is 0.659. The third-order valence-electron chi connectivity index (χ3n) is 13.4. The lowest BCUT2D eigenvalue weighted by atomic mass is 9.40. The van der Waals surface area contributed by atoms with Gasteiger partial charge in [0.15, 0.2) is 11.9 Å². The number of esters is 1. The van der Waals surface area contributed by atoms with Crippen molar-refractivity contribution in [2.45, 2.75) is 96.5 Å². The largest absolute Gasteiger partial charge is 0.455 e. The Kier molecular flexibility index (Phi) is 12.5. The molecule has 1 aliphatic heterocycles. The Bertz CT molecular complexity index is 1820. The van der Waals surface area contributed by atoms with Crippen LogP contribution in [0.3, 0.4) is 0 Å². The maximum Gasteiger partial charge on any atom is 0.410 e. The summed E-state index contributed by atoms with van der Waals surface area (Å²) in [7, 11) is 8.77. The highest BCUT2D eigenvalue weighted by Crippen LogP contribution is 2.67. The van der Waals surface area contributed by atoms with E-state index in [-0.39, 0.29) is 32.4 Å². The molecule has 4 aliphatic rings. The Balaban J connectivity index is 1.71. The molecule has 318 valence electrons. The Hall–Kier alpha value is -4.48. The first-order valence-electron chi connectivity index (χ1n) is 19.6. The maximum atomic E-state index is 15.7. The standard InChI is InChI=1S/C41H59BN4O12/c1-22-25(55-34(49)31(58-37(52)46(11)12)29(43-42-21-47)24-16-14-13-15-17-24)19-41(53)23(2)32-39(5)20-54-26(39)18-27(56-35(50)44(7)8)40(32,6)33(48)30(28(22)38(41,3)4)57-36(51)45(9)10/h13-17,21,23,25-27,29-32,42-43,53H,18-20H2,1-12H3/t23-,25-,26+,27-,29-,30+,31+,32+,39+,40+,41+/m0/s1. The van der Waals surface area contributed by atoms with E-state index < -0.39 is 100 Å². The average Bonchev–Trinajstić information content (AvgIpc) is 3.15. The van der Waals surface area contributed by atoms with Crippen LogP contribution in [0.1, 0.15) is 66.0 Å². The molecule has 5 rings (SSSR count). The summed E-state index contributed by atoms with van der Waals surface area (Å²) >= 11 is 0. The predicted octanol–water partition coefficient (Wildman–Crippen LogP) is 3.10. The molecule has 0 aromatic heterocycles. The number of aliphatic hydroxyl groups is 1. The smallest absolute Gasteiger partial charge is 0.410 e. The van der Waals surface area contributed by atoms with Gasteiger partial charge in [0.2, 0.25) is 6.10 Å². The van der Waals surface area contributed by atoms with Crippen molar-refractivity contribution in [3.63, 3.8) is 0 Å². The summed E-state index contributed by atoms with van der Waals surface area (Å²) in [4.78, 5) is 85.3. The van der Waals surface area contributed by atoms with Gasteiger partial charge in [0.05, 0.1) is 36.0 Å². The SMILES string of the molecule is CC1=C2[C@@H](OC(=O)N(C)C)C(=O)[C@]3(C)[C@@H](OC(=O)N(C)C)C[C@H]4OC[C@@]4(C)[C@H]3[C@H](C)[C@](O)(C[C@@H]1OC(=O)[C@H](OC(=O)N(C)C)[C@@H](NBC=O)c1ccccc1)C2(C)C. The number of nitrogens with one attached hydrogen (secondary N) is 1. The molecule has 0 spiro atoms. The fourth-order valence-electron chi connectivity index (χ4n) is 10.1. The first-order chi connectivity index (χ1) is 27.0. The van der Waals surface area contributed by atoms with Crippen LogP contribution in [0, 0.1) is 28.1 Å². The second-order valence-electron chi connectivity index (χ2n) is 17.8. The third-order valence-corrected chi connectivity index (χ3v) is 13.4. The van der Waals surface area contributed by atoms with Crippen LogP contribution in [-0.4, -0.2) is 148 Å². The molecule has 17 heteroatoms. The van der Waals surface area contributed by atoms with Gasteiger partial charge >= 0.3 is 24.2 Å². The van der Waals surface area contributed by atoms with Gasteiger partial charge in [0, 0.05) is 66.0 Å². The molecule has 16 nitrogen and oxygen atoms in total. The van der Waals surface area contributed by atoms with Gasteiger partial charge in [-0.25, -0.2) is 19.2 Å². The van der Waals surface area contributed by atoms with E-state index in [2.05, 4.69) is 5.23 Å². The number of hydrogen-bond acceptors (Lipinski definition) is 13. The molecule has 2 saturated carbocycles. The van der Waals surface area contributed by atoms with Crippen molar-refractivity contribution in [3.05, 3.63) is 47.0 Å². The van der Waals surface area contributed by atoms with Crippen LogP contribution in [0.5, 0.6) is 0 Å². The lowest BCUT2D eigenvalue weighted by molar-refractivity contribution is -0.302. The summed E-state index contributed by atoms with van der Waals surface area (Å²) in [6.45, 7) is 11.1. The molecule has 1 aromatic carbocycles. The fourth-order valence-corrected chi connectivity index (χ4v) is 10.1. The number of Topliss-reactive ketones (excluding diaryl/α,β-unsaturated/α-hetero) is 1. The molecule has 0 radical (unpaired) electrons. The summed E-state index contributed by atoms with van der Waals surface area (Å²) in [6, 6.07) is 7.64. The maximum absolute atomic E-state index is 15.7. The zero-order chi connectivity index (χ0) is 43.3. The Labute approximate surface area is 341 Å². The van der Waals surface area contributed by atoms with Crippen LogP contribution in [0.2, 0.25) is 0 Å². The second kappa shape index (κ2) is 16.3. The highest BCUT2D eigenvalue weighted by molar-refractivity contribution is 6.64. The quantitative estimate of drug-likeness (QED) is 0.115. The van der Waals surface area contributed by atoms with Crippen LogP contribution in [-0.2, 0) is 38.1 Å². The molecule has 1 saturated heterocycles. The van der Waals surface area contributed by atoms with Crippen molar-refractivity contribution in [1.29, 1.82) is 0 Å². The average molecular weight is 811 g/mol. The zero-order valence-corrected chi connectivity index (χ0v) is 35.7. The van der Waals surface area contributed by atoms with Gasteiger partial charge in [0.25, 0.3) is 7.41 Å². The number of benzene rings is 1. The first-order valence-corrected chi connectivity index (χ1v) is 19.6. The molecular formula is C41H59BN4O12. The number of carbonyl (C=O) groups is 6. The van der Waals surface area contributed by atoms with E-state index in [1.807, 2.05) is 13.8 Å². The summed E-state index contributed by atoms with van der Waals surface area (Å²) in [6.07, 6.45) is -7.59. The Morgan fingerprint density at radius 3 is 2.05 bits per heavy atom. The molecule has 2 bridgehead atoms. The lowest BCUT2D eigenvalue weighted by Gasteiger charge is -2.68. The van der Waals surface area contributed by atoms with E-state index >= 15 is 4.79 Å². The minimum Gasteiger partial charge on any atom is -0.455 e. The van der Waals surface area contributed by atoms with Crippen LogP contribution in [0.25, 0.3) is 0 Å². The lowest BCUT2D eigenvalue weighted by Crippen LogP contribution is -2.75. The van der Waals surface area contributed by atoms with Crippen LogP contribution in [0.4, 0.5) is 14.4 Å². The summed E-state index contributed by atoms with van der Waals surface area (Å²) in [5.41, 5.74) is -4.11. The van der Waals surface area contributed by atoms with Gasteiger partial charge in [-0.3, -0.25) is 4.79 Å². The molecule has 0 unspecified atom stereocenters. The van der Waals surface area contributed by atoms with E-state index in [4.69, 9.17) is 23.7 Å². The van der Waals surface area contributed by atoms with E-state index in [0.717, 1.165) is 4.90 Å². The summed E-state index contributed by atoms with van der Waals surface area (Å²) in [5.74, 6) is -2.95. The molecular weight excluding hydrogens is 751 g/mol. The van der Waals surface area contributed by atoms with Crippen LogP contribution >= 0.6 is 0 Å². The molecule has 58 heavy (non-hydrogen) atoms. The molecule has 3 fully saturated rings. The van der Waals surface area contributed by atoms with E-state index in [1.165, 1.54) is 52.1 Å². The van der Waals surface area contributed by atoms with Gasteiger partial charge in [0.1, 0.15) is 12.2 Å². The number of carbonyl (C=O) groups excluding carboxylic acids is 6. The van der Waals surface area contributed by atoms with Crippen molar-refractivity contribution >= 4 is 43.6 Å². The van der Waals surface area contributed by atoms with Crippen molar-refractivity contribution in [3.8, 4) is 0 Å². The van der Waals surface area contributed by atoms with Gasteiger partial charge in [-0.1, -0.05) is 58.0 Å².